The minimum absolute atomic E-state index is 0.160. The van der Waals surface area contributed by atoms with Crippen LogP contribution in [0.25, 0.3) is 0 Å². The Hall–Kier alpha value is -1.25. The summed E-state index contributed by atoms with van der Waals surface area (Å²) >= 11 is 0. The third kappa shape index (κ3) is 1.27. The molecule has 0 aliphatic heterocycles. The lowest BCUT2D eigenvalue weighted by Crippen LogP contribution is -1.88. The molecule has 0 saturated heterocycles. The molecule has 1 rings (SSSR count). The van der Waals surface area contributed by atoms with Gasteiger partial charge in [-0.25, -0.2) is 4.39 Å². The highest BCUT2D eigenvalue weighted by molar-refractivity contribution is 5.42. The molecule has 0 aliphatic rings. The number of aryl methyl sites for hydroxylation is 1. The molecule has 60 valence electrons. The van der Waals surface area contributed by atoms with E-state index in [1.807, 2.05) is 0 Å². The summed E-state index contributed by atoms with van der Waals surface area (Å²) in [6.45, 7) is 1.58. The van der Waals surface area contributed by atoms with Crippen molar-refractivity contribution < 1.29 is 14.2 Å². The Balaban J connectivity index is 3.25. The third-order valence-corrected chi connectivity index (χ3v) is 1.49. The van der Waals surface area contributed by atoms with Crippen molar-refractivity contribution in [2.45, 2.75) is 6.92 Å². The van der Waals surface area contributed by atoms with E-state index in [4.69, 9.17) is 9.84 Å². The van der Waals surface area contributed by atoms with Crippen molar-refractivity contribution in [3.8, 4) is 11.5 Å². The van der Waals surface area contributed by atoms with Gasteiger partial charge in [-0.05, 0) is 18.6 Å². The summed E-state index contributed by atoms with van der Waals surface area (Å²) in [6.07, 6.45) is 0. The van der Waals surface area contributed by atoms with Gasteiger partial charge in [-0.2, -0.15) is 0 Å². The van der Waals surface area contributed by atoms with Crippen LogP contribution in [0.15, 0.2) is 12.1 Å². The van der Waals surface area contributed by atoms with Crippen molar-refractivity contribution in [2.24, 2.45) is 0 Å². The molecule has 1 N–H and O–H groups in total. The topological polar surface area (TPSA) is 29.5 Å². The maximum absolute atomic E-state index is 12.8. The first kappa shape index (κ1) is 7.85. The summed E-state index contributed by atoms with van der Waals surface area (Å²) in [5, 5.41) is 9.08. The monoisotopic (exact) mass is 156 g/mol. The average Bonchev–Trinajstić information content (AvgIpc) is 2.01. The molecule has 2 nitrogen and oxygen atoms in total. The van der Waals surface area contributed by atoms with Crippen LogP contribution < -0.4 is 4.74 Å². The fourth-order valence-electron chi connectivity index (χ4n) is 0.812. The number of hydrogen-bond donors (Lipinski definition) is 1. The molecule has 0 atom stereocenters. The maximum atomic E-state index is 12.8. The molecule has 0 spiro atoms. The molecule has 0 aliphatic carbocycles. The first-order chi connectivity index (χ1) is 5.16. The van der Waals surface area contributed by atoms with Gasteiger partial charge in [-0.1, -0.05) is 6.07 Å². The second-order valence-electron chi connectivity index (χ2n) is 2.25. The fraction of sp³-hybridized carbons (Fsp3) is 0.250. The fourth-order valence-corrected chi connectivity index (χ4v) is 0.812. The number of halogens is 1. The standard InChI is InChI=1S/C8H9FO2/c1-5-3-4-6(11-2)8(10)7(5)9/h3-4,10H,1-2H3. The van der Waals surface area contributed by atoms with Crippen molar-refractivity contribution in [1.82, 2.24) is 0 Å². The number of ether oxygens (including phenoxy) is 1. The predicted molar refractivity (Wildman–Crippen MR) is 39.4 cm³/mol. The van der Waals surface area contributed by atoms with Gasteiger partial charge in [-0.15, -0.1) is 0 Å². The summed E-state index contributed by atoms with van der Waals surface area (Å²) in [5.41, 5.74) is 0.406. The number of aromatic hydroxyl groups is 1. The van der Waals surface area contributed by atoms with Crippen molar-refractivity contribution >= 4 is 0 Å². The van der Waals surface area contributed by atoms with Crippen molar-refractivity contribution in [3.63, 3.8) is 0 Å². The van der Waals surface area contributed by atoms with E-state index in [1.54, 1.807) is 13.0 Å². The van der Waals surface area contributed by atoms with Gasteiger partial charge in [0.2, 0.25) is 0 Å². The van der Waals surface area contributed by atoms with Crippen LogP contribution >= 0.6 is 0 Å². The normalized spacial score (nSPS) is 9.73. The van der Waals surface area contributed by atoms with Crippen LogP contribution in [0.2, 0.25) is 0 Å². The van der Waals surface area contributed by atoms with Gasteiger partial charge in [0.25, 0.3) is 0 Å². The van der Waals surface area contributed by atoms with E-state index in [2.05, 4.69) is 0 Å². The lowest BCUT2D eigenvalue weighted by Gasteiger charge is -2.04. The summed E-state index contributed by atoms with van der Waals surface area (Å²) in [4.78, 5) is 0. The Labute approximate surface area is 64.2 Å². The van der Waals surface area contributed by atoms with Crippen LogP contribution in [0.5, 0.6) is 11.5 Å². The van der Waals surface area contributed by atoms with E-state index in [0.717, 1.165) is 0 Å². The second kappa shape index (κ2) is 2.78. The number of phenols is 1. The predicted octanol–water partition coefficient (Wildman–Crippen LogP) is 1.85. The zero-order valence-corrected chi connectivity index (χ0v) is 6.39. The van der Waals surface area contributed by atoms with E-state index >= 15 is 0 Å². The third-order valence-electron chi connectivity index (χ3n) is 1.49. The van der Waals surface area contributed by atoms with Gasteiger partial charge in [0, 0.05) is 0 Å². The lowest BCUT2D eigenvalue weighted by molar-refractivity contribution is 0.356. The minimum Gasteiger partial charge on any atom is -0.502 e. The van der Waals surface area contributed by atoms with Crippen LogP contribution in [0.1, 0.15) is 5.56 Å². The number of phenolic OH excluding ortho intramolecular Hbond substituents is 1. The van der Waals surface area contributed by atoms with Crippen LogP contribution in [0.4, 0.5) is 4.39 Å². The zero-order valence-electron chi connectivity index (χ0n) is 6.39. The molecule has 0 saturated carbocycles. The van der Waals surface area contributed by atoms with Gasteiger partial charge in [0.1, 0.15) is 0 Å². The molecule has 1 aromatic rings. The molecular weight excluding hydrogens is 147 g/mol. The average molecular weight is 156 g/mol. The zero-order chi connectivity index (χ0) is 8.43. The molecule has 0 radical (unpaired) electrons. The van der Waals surface area contributed by atoms with Crippen molar-refractivity contribution in [3.05, 3.63) is 23.5 Å². The first-order valence-electron chi connectivity index (χ1n) is 3.19. The second-order valence-corrected chi connectivity index (χ2v) is 2.25. The quantitative estimate of drug-likeness (QED) is 0.672. The molecule has 0 aromatic heterocycles. The molecule has 0 amide bonds. The number of methoxy groups -OCH3 is 1. The van der Waals surface area contributed by atoms with E-state index in [1.165, 1.54) is 13.2 Å². The Morgan fingerprint density at radius 2 is 2.09 bits per heavy atom. The van der Waals surface area contributed by atoms with Gasteiger partial charge >= 0.3 is 0 Å². The number of benzene rings is 1. The van der Waals surface area contributed by atoms with E-state index < -0.39 is 11.6 Å². The van der Waals surface area contributed by atoms with Crippen LogP contribution in [0, 0.1) is 12.7 Å². The highest BCUT2D eigenvalue weighted by Gasteiger charge is 2.08. The first-order valence-corrected chi connectivity index (χ1v) is 3.19. The summed E-state index contributed by atoms with van der Waals surface area (Å²) in [5.74, 6) is -0.884. The number of rotatable bonds is 1. The van der Waals surface area contributed by atoms with E-state index in [9.17, 15) is 4.39 Å². The smallest absolute Gasteiger partial charge is 0.194 e. The van der Waals surface area contributed by atoms with Crippen LogP contribution in [-0.2, 0) is 0 Å². The SMILES string of the molecule is COc1ccc(C)c(F)c1O. The van der Waals surface area contributed by atoms with E-state index in [-0.39, 0.29) is 5.75 Å². The molecule has 1 aromatic carbocycles. The maximum Gasteiger partial charge on any atom is 0.194 e. The van der Waals surface area contributed by atoms with Gasteiger partial charge in [0.05, 0.1) is 7.11 Å². The molecule has 0 unspecified atom stereocenters. The highest BCUT2D eigenvalue weighted by atomic mass is 19.1. The molecule has 11 heavy (non-hydrogen) atoms. The Morgan fingerprint density at radius 1 is 1.45 bits per heavy atom. The van der Waals surface area contributed by atoms with Gasteiger partial charge in [0.15, 0.2) is 17.3 Å². The Kier molecular flexibility index (Phi) is 1.98. The van der Waals surface area contributed by atoms with Crippen LogP contribution in [0.3, 0.4) is 0 Å². The Bertz CT molecular complexity index is 271. The molecular formula is C8H9FO2. The van der Waals surface area contributed by atoms with Gasteiger partial charge in [-0.3, -0.25) is 0 Å². The molecule has 3 heteroatoms. The lowest BCUT2D eigenvalue weighted by atomic mass is 10.2. The highest BCUT2D eigenvalue weighted by Crippen LogP contribution is 2.29. The Morgan fingerprint density at radius 3 is 2.64 bits per heavy atom. The summed E-state index contributed by atoms with van der Waals surface area (Å²) in [7, 11) is 1.38. The largest absolute Gasteiger partial charge is 0.502 e. The summed E-state index contributed by atoms with van der Waals surface area (Å²) in [6, 6.07) is 3.07. The molecule has 0 heterocycles. The molecule has 0 fully saturated rings. The number of hydrogen-bond acceptors (Lipinski definition) is 2. The van der Waals surface area contributed by atoms with Crippen molar-refractivity contribution in [1.29, 1.82) is 0 Å². The van der Waals surface area contributed by atoms with Crippen molar-refractivity contribution in [2.75, 3.05) is 7.11 Å². The molecule has 0 bridgehead atoms. The van der Waals surface area contributed by atoms with Crippen LogP contribution in [-0.4, -0.2) is 12.2 Å². The van der Waals surface area contributed by atoms with Gasteiger partial charge < -0.3 is 9.84 Å². The van der Waals surface area contributed by atoms with E-state index in [0.29, 0.717) is 5.56 Å². The summed E-state index contributed by atoms with van der Waals surface area (Å²) < 4.78 is 17.5. The minimum atomic E-state index is -0.621.